The summed E-state index contributed by atoms with van der Waals surface area (Å²) in [5, 5.41) is 12.8. The van der Waals surface area contributed by atoms with E-state index in [-0.39, 0.29) is 6.17 Å². The predicted octanol–water partition coefficient (Wildman–Crippen LogP) is 16.0. The van der Waals surface area contributed by atoms with E-state index in [1.54, 1.807) is 0 Å². The van der Waals surface area contributed by atoms with Gasteiger partial charge in [-0.2, -0.15) is 0 Å². The first-order chi connectivity index (χ1) is 35.1. The van der Waals surface area contributed by atoms with Crippen molar-refractivity contribution < 1.29 is 8.83 Å². The second kappa shape index (κ2) is 15.4. The summed E-state index contributed by atoms with van der Waals surface area (Å²) in [5.74, 6) is 2.00. The average molecular weight is 914 g/mol. The van der Waals surface area contributed by atoms with Crippen LogP contribution in [-0.4, -0.2) is 27.0 Å². The smallest absolute Gasteiger partial charge is 0.159 e. The molecule has 0 spiro atoms. The molecule has 1 aliphatic carbocycles. The third-order valence-electron chi connectivity index (χ3n) is 14.7. The van der Waals surface area contributed by atoms with Crippen LogP contribution < -0.4 is 5.32 Å². The molecule has 13 aromatic rings. The predicted molar refractivity (Wildman–Crippen MR) is 293 cm³/mol. The van der Waals surface area contributed by atoms with Crippen molar-refractivity contribution in [2.45, 2.75) is 19.5 Å². The number of para-hydroxylation sites is 3. The Balaban J connectivity index is 0.919. The number of amidine groups is 2. The van der Waals surface area contributed by atoms with Crippen molar-refractivity contribution in [1.82, 2.24) is 14.5 Å². The van der Waals surface area contributed by atoms with Crippen LogP contribution in [0.5, 0.6) is 0 Å². The van der Waals surface area contributed by atoms with Gasteiger partial charge in [0.15, 0.2) is 5.84 Å². The van der Waals surface area contributed by atoms with Crippen molar-refractivity contribution in [3.05, 3.63) is 229 Å². The molecule has 0 fully saturated rings. The van der Waals surface area contributed by atoms with Crippen LogP contribution in [0.25, 0.3) is 110 Å². The summed E-state index contributed by atoms with van der Waals surface area (Å²) in [6.45, 7) is 2.25. The Hall–Kier alpha value is -9.20. The molecule has 2 atom stereocenters. The quantitative estimate of drug-likeness (QED) is 0.181. The molecule has 15 rings (SSSR count). The Morgan fingerprint density at radius 3 is 1.76 bits per heavy atom. The van der Waals surface area contributed by atoms with Gasteiger partial charge in [-0.15, -0.1) is 0 Å². The number of allylic oxidation sites excluding steroid dienone is 2. The van der Waals surface area contributed by atoms with Crippen LogP contribution in [0, 0.1) is 5.92 Å². The summed E-state index contributed by atoms with van der Waals surface area (Å²) in [6.07, 6.45) is 7.51. The highest BCUT2D eigenvalue weighted by atomic mass is 16.3. The average Bonchev–Trinajstić information content (AvgIpc) is 4.17. The van der Waals surface area contributed by atoms with Crippen LogP contribution in [0.4, 0.5) is 0 Å². The minimum atomic E-state index is -0.265. The number of hydrogen-bond donors (Lipinski definition) is 1. The number of hydrogen-bond acceptors (Lipinski definition) is 5. The van der Waals surface area contributed by atoms with Crippen molar-refractivity contribution in [3.63, 3.8) is 0 Å². The molecule has 1 N–H and O–H groups in total. The highest BCUT2D eigenvalue weighted by Crippen LogP contribution is 2.43. The standard InChI is InChI=1S/C64H43N5O2/c1-38-23-25-40(26-24-38)63-65-62(39-13-4-2-5-14-39)66-64(67-63)43-15-12-18-45(31-43)69-54-30-28-41(32-49(54)51-35-53-48-20-9-11-22-59(48)71-61(53)37-57(51)69)42-27-29-46-50-34-52-47-19-8-10-21-58(47)70-60(52)36-56(50)68(55(46)33-42)44-16-6-3-7-17-44/h2-23,25-38,63H,24H2,1H3,(H,65,66,67). The van der Waals surface area contributed by atoms with Crippen molar-refractivity contribution in [1.29, 1.82) is 0 Å². The zero-order chi connectivity index (χ0) is 46.7. The van der Waals surface area contributed by atoms with E-state index in [9.17, 15) is 0 Å². The molecule has 0 amide bonds. The number of nitrogens with one attached hydrogen (secondary N) is 1. The Bertz CT molecular complexity index is 4480. The van der Waals surface area contributed by atoms with Crippen molar-refractivity contribution in [2.24, 2.45) is 15.9 Å². The van der Waals surface area contributed by atoms with Gasteiger partial charge < -0.3 is 23.3 Å². The lowest BCUT2D eigenvalue weighted by Gasteiger charge is -2.26. The molecule has 0 bridgehead atoms. The number of aromatic nitrogens is 2. The monoisotopic (exact) mass is 913 g/mol. The molecule has 0 saturated carbocycles. The van der Waals surface area contributed by atoms with Gasteiger partial charge in [0.05, 0.1) is 22.1 Å². The molecule has 71 heavy (non-hydrogen) atoms. The summed E-state index contributed by atoms with van der Waals surface area (Å²) >= 11 is 0. The first kappa shape index (κ1) is 39.8. The van der Waals surface area contributed by atoms with Gasteiger partial charge in [-0.05, 0) is 95.8 Å². The third-order valence-corrected chi connectivity index (χ3v) is 14.7. The Labute approximate surface area is 407 Å². The van der Waals surface area contributed by atoms with Gasteiger partial charge in [-0.25, -0.2) is 9.98 Å². The van der Waals surface area contributed by atoms with Gasteiger partial charge in [-0.3, -0.25) is 0 Å². The van der Waals surface area contributed by atoms with Crippen LogP contribution in [0.2, 0.25) is 0 Å². The molecule has 7 heteroatoms. The van der Waals surface area contributed by atoms with E-state index in [1.807, 2.05) is 24.3 Å². The molecule has 0 saturated heterocycles. The molecule has 0 radical (unpaired) electrons. The molecule has 1 aliphatic heterocycles. The maximum Gasteiger partial charge on any atom is 0.159 e. The first-order valence-corrected chi connectivity index (χ1v) is 24.4. The van der Waals surface area contributed by atoms with Gasteiger partial charge in [0.25, 0.3) is 0 Å². The van der Waals surface area contributed by atoms with Gasteiger partial charge in [0, 0.05) is 77.7 Å². The fourth-order valence-corrected chi connectivity index (χ4v) is 11.2. The van der Waals surface area contributed by atoms with Gasteiger partial charge in [-0.1, -0.05) is 140 Å². The molecule has 9 aromatic carbocycles. The van der Waals surface area contributed by atoms with Crippen LogP contribution in [0.1, 0.15) is 24.5 Å². The van der Waals surface area contributed by atoms with Gasteiger partial charge >= 0.3 is 0 Å². The van der Waals surface area contributed by atoms with E-state index in [1.165, 1.54) is 10.8 Å². The zero-order valence-electron chi connectivity index (χ0n) is 38.7. The Kier molecular flexibility index (Phi) is 8.63. The number of furan rings is 2. The lowest BCUT2D eigenvalue weighted by molar-refractivity contribution is 0.669. The number of nitrogens with zero attached hydrogens (tertiary/aromatic N) is 4. The van der Waals surface area contributed by atoms with E-state index in [4.69, 9.17) is 18.8 Å². The molecular weight excluding hydrogens is 871 g/mol. The van der Waals surface area contributed by atoms with Crippen LogP contribution in [0.15, 0.2) is 237 Å². The number of aliphatic imine (C=N–C) groups is 2. The SMILES string of the molecule is CC1C=CC(C2N=C(c3cccc(-n4c5ccc(-c6ccc7c8cc9c(cc8n(-c8ccccc8)c7c6)oc6ccccc69)cc5c5cc6c(cc54)oc4ccccc46)c3)N=C(c3ccccc3)N2)=CC1. The molecule has 4 aromatic heterocycles. The molecule has 7 nitrogen and oxygen atoms in total. The third kappa shape index (κ3) is 6.29. The molecular formula is C64H43N5O2. The maximum atomic E-state index is 6.57. The Morgan fingerprint density at radius 2 is 1.04 bits per heavy atom. The number of benzene rings is 9. The molecule has 5 heterocycles. The van der Waals surface area contributed by atoms with Crippen molar-refractivity contribution in [2.75, 3.05) is 0 Å². The minimum Gasteiger partial charge on any atom is -0.456 e. The van der Waals surface area contributed by atoms with Crippen molar-refractivity contribution in [3.8, 4) is 22.5 Å². The van der Waals surface area contributed by atoms with E-state index in [0.29, 0.717) is 11.8 Å². The second-order valence-corrected chi connectivity index (χ2v) is 19.1. The van der Waals surface area contributed by atoms with E-state index in [0.717, 1.165) is 128 Å². The maximum absolute atomic E-state index is 6.57. The molecule has 2 aliphatic rings. The lowest BCUT2D eigenvalue weighted by Crippen LogP contribution is -2.40. The number of fused-ring (bicyclic) bond motifs is 12. The zero-order valence-corrected chi connectivity index (χ0v) is 38.7. The van der Waals surface area contributed by atoms with E-state index in [2.05, 4.69) is 209 Å². The van der Waals surface area contributed by atoms with E-state index < -0.39 is 0 Å². The van der Waals surface area contributed by atoms with Crippen molar-refractivity contribution >= 4 is 99.2 Å². The summed E-state index contributed by atoms with van der Waals surface area (Å²) in [6, 6.07) is 69.2. The summed E-state index contributed by atoms with van der Waals surface area (Å²) in [4.78, 5) is 10.5. The van der Waals surface area contributed by atoms with Crippen LogP contribution in [-0.2, 0) is 0 Å². The topological polar surface area (TPSA) is 72.9 Å². The first-order valence-electron chi connectivity index (χ1n) is 24.4. The van der Waals surface area contributed by atoms with Crippen LogP contribution in [0.3, 0.4) is 0 Å². The van der Waals surface area contributed by atoms with Gasteiger partial charge in [0.2, 0.25) is 0 Å². The highest BCUT2D eigenvalue weighted by molar-refractivity contribution is 6.20. The summed E-state index contributed by atoms with van der Waals surface area (Å²) in [7, 11) is 0. The fourth-order valence-electron chi connectivity index (χ4n) is 11.2. The minimum absolute atomic E-state index is 0.265. The Morgan fingerprint density at radius 1 is 0.451 bits per heavy atom. The molecule has 336 valence electrons. The fraction of sp³-hybridized carbons (Fsp3) is 0.0625. The number of rotatable bonds is 6. The molecule has 2 unspecified atom stereocenters. The summed E-state index contributed by atoms with van der Waals surface area (Å²) < 4.78 is 17.8. The van der Waals surface area contributed by atoms with Crippen LogP contribution >= 0.6 is 0 Å². The largest absolute Gasteiger partial charge is 0.456 e. The lowest BCUT2D eigenvalue weighted by atomic mass is 9.96. The van der Waals surface area contributed by atoms with Gasteiger partial charge in [0.1, 0.15) is 34.3 Å². The second-order valence-electron chi connectivity index (χ2n) is 19.1. The summed E-state index contributed by atoms with van der Waals surface area (Å²) in [5.41, 5.74) is 15.4. The van der Waals surface area contributed by atoms with E-state index >= 15 is 0 Å². The normalized spacial score (nSPS) is 16.2. The highest BCUT2D eigenvalue weighted by Gasteiger charge is 2.25.